The third kappa shape index (κ3) is 17.1. The number of hydrogen-bond donors (Lipinski definition) is 5. The van der Waals surface area contributed by atoms with Gasteiger partial charge in [0.25, 0.3) is 0 Å². The molecule has 9 nitrogen and oxygen atoms in total. The quantitative estimate of drug-likeness (QED) is 0.0528. The van der Waals surface area contributed by atoms with Crippen molar-refractivity contribution >= 4 is 17.5 Å². The molecule has 61 heavy (non-hydrogen) atoms. The summed E-state index contributed by atoms with van der Waals surface area (Å²) in [6, 6.07) is 4.31. The van der Waals surface area contributed by atoms with Crippen LogP contribution in [0, 0.1) is 17.8 Å². The van der Waals surface area contributed by atoms with Crippen LogP contribution in [-0.2, 0) is 22.3 Å². The van der Waals surface area contributed by atoms with Crippen LogP contribution >= 0.6 is 0 Å². The van der Waals surface area contributed by atoms with Crippen molar-refractivity contribution in [1.82, 2.24) is 0 Å². The average Bonchev–Trinajstić information content (AvgIpc) is 3.18. The Bertz CT molecular complexity index is 1800. The van der Waals surface area contributed by atoms with Crippen molar-refractivity contribution in [3.05, 3.63) is 88.5 Å². The van der Waals surface area contributed by atoms with Gasteiger partial charge in [0, 0.05) is 12.0 Å². The second kappa shape index (κ2) is 26.8. The lowest BCUT2D eigenvalue weighted by Gasteiger charge is -2.29. The van der Waals surface area contributed by atoms with Crippen LogP contribution in [0.25, 0.3) is 5.57 Å². The second-order valence-electron chi connectivity index (χ2n) is 17.3. The van der Waals surface area contributed by atoms with Crippen molar-refractivity contribution in [3.63, 3.8) is 0 Å². The van der Waals surface area contributed by atoms with Gasteiger partial charge in [0.15, 0.2) is 0 Å². The van der Waals surface area contributed by atoms with E-state index in [0.717, 1.165) is 101 Å². The van der Waals surface area contributed by atoms with Crippen molar-refractivity contribution in [2.24, 2.45) is 17.8 Å². The number of rotatable bonds is 19. The molecule has 0 heterocycles. The van der Waals surface area contributed by atoms with Gasteiger partial charge in [0.1, 0.15) is 34.1 Å². The summed E-state index contributed by atoms with van der Waals surface area (Å²) in [6.07, 6.45) is 20.9. The summed E-state index contributed by atoms with van der Waals surface area (Å²) < 4.78 is 10.7. The van der Waals surface area contributed by atoms with Crippen molar-refractivity contribution in [1.29, 1.82) is 0 Å². The number of aromatic hydroxyl groups is 4. The topological polar surface area (TPSA) is 154 Å². The summed E-state index contributed by atoms with van der Waals surface area (Å²) in [5.41, 5.74) is 4.45. The first-order chi connectivity index (χ1) is 28.9. The molecule has 2 aromatic rings. The molecule has 0 amide bonds. The first kappa shape index (κ1) is 52.6. The number of benzene rings is 2. The molecule has 4 atom stereocenters. The lowest BCUT2D eigenvalue weighted by molar-refractivity contribution is 0.0483. The molecular formula is C52H78O9. The van der Waals surface area contributed by atoms with Crippen molar-refractivity contribution in [2.75, 3.05) is 13.2 Å². The van der Waals surface area contributed by atoms with Crippen LogP contribution in [-0.4, -0.2) is 56.3 Å². The predicted octanol–water partition coefficient (Wildman–Crippen LogP) is 12.9. The molecule has 5 N–H and O–H groups in total. The summed E-state index contributed by atoms with van der Waals surface area (Å²) in [6.45, 7) is 24.9. The van der Waals surface area contributed by atoms with Crippen LogP contribution < -0.4 is 0 Å². The third-order valence-electron chi connectivity index (χ3n) is 11.4. The average molecular weight is 847 g/mol. The Morgan fingerprint density at radius 3 is 1.77 bits per heavy atom. The predicted molar refractivity (Wildman–Crippen MR) is 248 cm³/mol. The number of hydrogen-bond acceptors (Lipinski definition) is 9. The van der Waals surface area contributed by atoms with Crippen LogP contribution in [0.2, 0.25) is 0 Å². The third-order valence-corrected chi connectivity index (χ3v) is 11.4. The summed E-state index contributed by atoms with van der Waals surface area (Å²) in [4.78, 5) is 25.0. The number of phenolic OH excluding ortho intramolecular Hbond substituents is 4. The van der Waals surface area contributed by atoms with E-state index < -0.39 is 17.5 Å². The summed E-state index contributed by atoms with van der Waals surface area (Å²) in [7, 11) is 0. The van der Waals surface area contributed by atoms with E-state index in [0.29, 0.717) is 54.6 Å². The number of aliphatic hydroxyl groups is 1. The van der Waals surface area contributed by atoms with Crippen LogP contribution in [0.5, 0.6) is 23.0 Å². The zero-order chi connectivity index (χ0) is 45.7. The normalized spacial score (nSPS) is 19.4. The number of allylic oxidation sites excluding steroid dienone is 5. The number of carbonyl (C=O) groups is 2. The van der Waals surface area contributed by atoms with Gasteiger partial charge < -0.3 is 35.0 Å². The number of carbonyl (C=O) groups excluding carboxylic acids is 2. The first-order valence-electron chi connectivity index (χ1n) is 22.8. The number of ether oxygens (including phenoxy) is 2. The van der Waals surface area contributed by atoms with Gasteiger partial charge in [-0.25, -0.2) is 9.59 Å². The highest BCUT2D eigenvalue weighted by Gasteiger charge is 2.31. The zero-order valence-corrected chi connectivity index (χ0v) is 38.7. The molecule has 0 radical (unpaired) electrons. The molecule has 0 fully saturated rings. The Morgan fingerprint density at radius 1 is 0.721 bits per heavy atom. The van der Waals surface area contributed by atoms with Crippen LogP contribution in [0.4, 0.5) is 0 Å². The Hall–Kier alpha value is -4.50. The molecule has 0 bridgehead atoms. The van der Waals surface area contributed by atoms with Gasteiger partial charge in [0.2, 0.25) is 0 Å². The molecule has 340 valence electrons. The van der Waals surface area contributed by atoms with Gasteiger partial charge in [0.05, 0.1) is 24.4 Å². The zero-order valence-electron chi connectivity index (χ0n) is 38.7. The molecule has 0 saturated heterocycles. The largest absolute Gasteiger partial charge is 0.508 e. The molecule has 0 aromatic heterocycles. The van der Waals surface area contributed by atoms with E-state index in [1.807, 2.05) is 40.7 Å². The van der Waals surface area contributed by atoms with E-state index in [4.69, 9.17) is 9.47 Å². The molecule has 9 heteroatoms. The molecule has 2 unspecified atom stereocenters. The molecule has 4 rings (SSSR count). The van der Waals surface area contributed by atoms with Gasteiger partial charge in [-0.2, -0.15) is 0 Å². The molecule has 0 saturated carbocycles. The number of esters is 2. The minimum atomic E-state index is -0.577. The van der Waals surface area contributed by atoms with Crippen molar-refractivity contribution < 1.29 is 44.6 Å². The molecule has 2 aliphatic rings. The highest BCUT2D eigenvalue weighted by molar-refractivity contribution is 5.98. The Morgan fingerprint density at radius 2 is 1.28 bits per heavy atom. The van der Waals surface area contributed by atoms with E-state index in [-0.39, 0.29) is 40.0 Å². The minimum absolute atomic E-state index is 0.0158. The fraction of sp³-hybridized carbons (Fsp3) is 0.577. The number of aryl methyl sites for hydroxylation is 2. The summed E-state index contributed by atoms with van der Waals surface area (Å²) in [5.74, 6) is -0.558. The lowest BCUT2D eigenvalue weighted by atomic mass is 9.76. The molecular weight excluding hydrogens is 769 g/mol. The fourth-order valence-electron chi connectivity index (χ4n) is 7.81. The fourth-order valence-corrected chi connectivity index (χ4v) is 7.81. The Balaban J connectivity index is 0.000000353. The van der Waals surface area contributed by atoms with Crippen LogP contribution in [0.1, 0.15) is 183 Å². The summed E-state index contributed by atoms with van der Waals surface area (Å²) in [5, 5.41) is 50.9. The van der Waals surface area contributed by atoms with Gasteiger partial charge >= 0.3 is 11.9 Å². The van der Waals surface area contributed by atoms with Gasteiger partial charge in [-0.15, -0.1) is 0 Å². The lowest BCUT2D eigenvalue weighted by Crippen LogP contribution is -2.25. The van der Waals surface area contributed by atoms with Crippen LogP contribution in [0.15, 0.2) is 60.7 Å². The van der Waals surface area contributed by atoms with E-state index in [1.54, 1.807) is 6.07 Å². The molecule has 0 aliphatic heterocycles. The van der Waals surface area contributed by atoms with Gasteiger partial charge in [-0.05, 0) is 113 Å². The maximum Gasteiger partial charge on any atom is 0.342 e. The smallest absolute Gasteiger partial charge is 0.342 e. The Kier molecular flexibility index (Phi) is 23.1. The van der Waals surface area contributed by atoms with Crippen LogP contribution in [0.3, 0.4) is 0 Å². The van der Waals surface area contributed by atoms with Crippen molar-refractivity contribution in [2.45, 2.75) is 164 Å². The van der Waals surface area contributed by atoms with Gasteiger partial charge in [-0.3, -0.25) is 0 Å². The summed E-state index contributed by atoms with van der Waals surface area (Å²) >= 11 is 0. The minimum Gasteiger partial charge on any atom is -0.508 e. The van der Waals surface area contributed by atoms with Crippen molar-refractivity contribution in [3.8, 4) is 23.0 Å². The van der Waals surface area contributed by atoms with E-state index in [1.165, 1.54) is 17.7 Å². The molecule has 2 aliphatic carbocycles. The first-order valence-corrected chi connectivity index (χ1v) is 22.8. The van der Waals surface area contributed by atoms with E-state index in [2.05, 4.69) is 46.1 Å². The highest BCUT2D eigenvalue weighted by Crippen LogP contribution is 2.47. The SMILES string of the molecule is C=C(C)[C@@H]1CCC(C)C=C1c1c(O)cc(CCC)c(C(=O)OCCCCCC)c1O.C=C(C)[C@H]1C=CC(C)(O)CC1.CCCCCCOC(=O)c1c(O)cc(O)cc1CCC. The number of unbranched alkanes of at least 4 members (excludes halogenated alkanes) is 6. The maximum absolute atomic E-state index is 12.9. The molecule has 0 spiro atoms. The standard InChI is InChI=1S/C26H38O4.C16H24O4.C10H16O/c1-6-8-9-10-14-30-26(29)23-19(11-7-2)16-22(27)24(25(23)28)21-15-18(5)12-13-20(21)17(3)4;1-3-5-6-7-9-20-16(19)15-12(8-4-2)10-13(17)11-14(15)18;1-8(2)9-4-6-10(3,11)7-5-9/h15-16,18,20,27-28H,3,6-14H2,1-2,4-5H3;10-11,17-18H,3-9H2,1-2H3;4,6,9,11H,1,5,7H2,2-3H3/t18?,20-;;9-,10?/m0.0/s1. The second-order valence-corrected chi connectivity index (χ2v) is 17.3. The Labute approximate surface area is 367 Å². The maximum atomic E-state index is 12.9. The molecule has 2 aromatic carbocycles. The number of phenols is 4. The monoisotopic (exact) mass is 847 g/mol. The van der Waals surface area contributed by atoms with E-state index >= 15 is 0 Å². The highest BCUT2D eigenvalue weighted by atomic mass is 16.5. The van der Waals surface area contributed by atoms with Gasteiger partial charge in [-0.1, -0.05) is 129 Å². The van der Waals surface area contributed by atoms with E-state index in [9.17, 15) is 35.1 Å².